The van der Waals surface area contributed by atoms with Gasteiger partial charge in [-0.15, -0.1) is 0 Å². The Morgan fingerprint density at radius 3 is 2.78 bits per heavy atom. The van der Waals surface area contributed by atoms with Gasteiger partial charge >= 0.3 is 0 Å². The number of thioether (sulfide) groups is 1. The van der Waals surface area contributed by atoms with Crippen LogP contribution >= 0.6 is 11.8 Å². The number of piperidine rings is 1. The molecule has 0 aromatic rings. The monoisotopic (exact) mass is 270 g/mol. The molecule has 0 spiro atoms. The van der Waals surface area contributed by atoms with Gasteiger partial charge < -0.3 is 10.2 Å². The van der Waals surface area contributed by atoms with Crippen LogP contribution in [0, 0.1) is 5.41 Å². The highest BCUT2D eigenvalue weighted by molar-refractivity contribution is 8.00. The van der Waals surface area contributed by atoms with Gasteiger partial charge in [-0.3, -0.25) is 0 Å². The highest BCUT2D eigenvalue weighted by atomic mass is 32.2. The van der Waals surface area contributed by atoms with Crippen LogP contribution in [-0.2, 0) is 0 Å². The van der Waals surface area contributed by atoms with Gasteiger partial charge in [-0.05, 0) is 45.1 Å². The maximum Gasteiger partial charge on any atom is 0.0231 e. The first kappa shape index (κ1) is 14.7. The Kier molecular flexibility index (Phi) is 5.01. The number of nitrogens with zero attached hydrogens (tertiary/aromatic N) is 1. The smallest absolute Gasteiger partial charge is 0.0231 e. The zero-order valence-corrected chi connectivity index (χ0v) is 13.2. The average Bonchev–Trinajstić information content (AvgIpc) is 2.29. The molecule has 2 aliphatic heterocycles. The lowest BCUT2D eigenvalue weighted by molar-refractivity contribution is 0.103. The summed E-state index contributed by atoms with van der Waals surface area (Å²) in [6.07, 6.45) is 5.52. The van der Waals surface area contributed by atoms with Gasteiger partial charge in [0.15, 0.2) is 0 Å². The summed E-state index contributed by atoms with van der Waals surface area (Å²) in [4.78, 5) is 2.74. The van der Waals surface area contributed by atoms with E-state index in [0.717, 1.165) is 0 Å². The van der Waals surface area contributed by atoms with Crippen molar-refractivity contribution in [3.63, 3.8) is 0 Å². The van der Waals surface area contributed by atoms with E-state index in [2.05, 4.69) is 42.7 Å². The molecule has 1 N–H and O–H groups in total. The van der Waals surface area contributed by atoms with Gasteiger partial charge in [0.05, 0.1) is 0 Å². The molecule has 2 rings (SSSR count). The lowest BCUT2D eigenvalue weighted by Crippen LogP contribution is -2.52. The first-order valence-corrected chi connectivity index (χ1v) is 8.61. The van der Waals surface area contributed by atoms with E-state index < -0.39 is 0 Å². The minimum atomic E-state index is 0.452. The second-order valence-corrected chi connectivity index (χ2v) is 8.65. The van der Waals surface area contributed by atoms with Crippen molar-refractivity contribution in [3.8, 4) is 0 Å². The molecule has 2 fully saturated rings. The summed E-state index contributed by atoms with van der Waals surface area (Å²) in [5.74, 6) is 1.31. The molecular formula is C15H30N2S. The van der Waals surface area contributed by atoms with Crippen LogP contribution in [0.4, 0.5) is 0 Å². The topological polar surface area (TPSA) is 15.3 Å². The highest BCUT2D eigenvalue weighted by Crippen LogP contribution is 2.36. The van der Waals surface area contributed by atoms with Crippen molar-refractivity contribution < 1.29 is 0 Å². The predicted molar refractivity (Wildman–Crippen MR) is 82.4 cm³/mol. The summed E-state index contributed by atoms with van der Waals surface area (Å²) >= 11 is 2.14. The van der Waals surface area contributed by atoms with Crippen molar-refractivity contribution in [1.29, 1.82) is 0 Å². The molecule has 0 aliphatic carbocycles. The van der Waals surface area contributed by atoms with Gasteiger partial charge in [-0.25, -0.2) is 0 Å². The summed E-state index contributed by atoms with van der Waals surface area (Å²) in [6, 6.07) is 0. The van der Waals surface area contributed by atoms with Crippen LogP contribution in [-0.4, -0.2) is 48.1 Å². The van der Waals surface area contributed by atoms with Crippen LogP contribution in [0.15, 0.2) is 0 Å². The second kappa shape index (κ2) is 6.15. The SMILES string of the molecule is CCCC1(CN2CCSC(C)(C)C2)CCCNC1. The Bertz CT molecular complexity index is 254. The molecule has 2 saturated heterocycles. The fourth-order valence-electron chi connectivity index (χ4n) is 3.71. The Hall–Kier alpha value is 0.270. The molecule has 18 heavy (non-hydrogen) atoms. The molecule has 1 atom stereocenters. The van der Waals surface area contributed by atoms with E-state index in [1.807, 2.05) is 0 Å². The molecule has 0 aromatic carbocycles. The van der Waals surface area contributed by atoms with Crippen molar-refractivity contribution in [3.05, 3.63) is 0 Å². The van der Waals surface area contributed by atoms with Crippen molar-refractivity contribution in [2.24, 2.45) is 5.41 Å². The number of rotatable bonds is 4. The van der Waals surface area contributed by atoms with Crippen LogP contribution in [0.2, 0.25) is 0 Å². The number of hydrogen-bond acceptors (Lipinski definition) is 3. The predicted octanol–water partition coefficient (Wildman–Crippen LogP) is 2.98. The Labute approximate surface area is 117 Å². The summed E-state index contributed by atoms with van der Waals surface area (Å²) in [7, 11) is 0. The summed E-state index contributed by atoms with van der Waals surface area (Å²) in [5.41, 5.74) is 0.561. The van der Waals surface area contributed by atoms with Crippen molar-refractivity contribution >= 4 is 11.8 Å². The average molecular weight is 270 g/mol. The molecule has 3 heteroatoms. The molecule has 2 aliphatic rings. The Morgan fingerprint density at radius 1 is 1.33 bits per heavy atom. The summed E-state index contributed by atoms with van der Waals surface area (Å²) in [6.45, 7) is 13.5. The maximum absolute atomic E-state index is 3.64. The van der Waals surface area contributed by atoms with Gasteiger partial charge in [-0.1, -0.05) is 13.3 Å². The summed E-state index contributed by atoms with van der Waals surface area (Å²) in [5, 5.41) is 3.64. The van der Waals surface area contributed by atoms with Crippen LogP contribution in [0.5, 0.6) is 0 Å². The minimum absolute atomic E-state index is 0.452. The molecule has 106 valence electrons. The second-order valence-electron chi connectivity index (χ2n) is 6.85. The van der Waals surface area contributed by atoms with E-state index >= 15 is 0 Å². The molecule has 2 heterocycles. The van der Waals surface area contributed by atoms with Crippen LogP contribution in [0.25, 0.3) is 0 Å². The third-order valence-corrected chi connectivity index (χ3v) is 5.70. The molecule has 0 aromatic heterocycles. The van der Waals surface area contributed by atoms with Gasteiger partial charge in [0.25, 0.3) is 0 Å². The molecule has 0 amide bonds. The summed E-state index contributed by atoms with van der Waals surface area (Å²) < 4.78 is 0.452. The molecule has 0 radical (unpaired) electrons. The molecule has 2 nitrogen and oxygen atoms in total. The highest BCUT2D eigenvalue weighted by Gasteiger charge is 2.36. The van der Waals surface area contributed by atoms with Crippen LogP contribution in [0.1, 0.15) is 46.5 Å². The van der Waals surface area contributed by atoms with Gasteiger partial charge in [-0.2, -0.15) is 11.8 Å². The zero-order chi connectivity index (χ0) is 13.1. The molecule has 1 unspecified atom stereocenters. The maximum atomic E-state index is 3.64. The van der Waals surface area contributed by atoms with E-state index in [9.17, 15) is 0 Å². The fraction of sp³-hybridized carbons (Fsp3) is 1.00. The van der Waals surface area contributed by atoms with Crippen molar-refractivity contribution in [2.75, 3.05) is 38.5 Å². The first-order valence-electron chi connectivity index (χ1n) is 7.62. The minimum Gasteiger partial charge on any atom is -0.316 e. The van der Waals surface area contributed by atoms with E-state index in [4.69, 9.17) is 0 Å². The molecule has 0 saturated carbocycles. The Balaban J connectivity index is 1.95. The number of hydrogen-bond donors (Lipinski definition) is 1. The largest absolute Gasteiger partial charge is 0.316 e. The molecule has 0 bridgehead atoms. The van der Waals surface area contributed by atoms with Gasteiger partial charge in [0, 0.05) is 36.7 Å². The van der Waals surface area contributed by atoms with Crippen molar-refractivity contribution in [1.82, 2.24) is 10.2 Å². The first-order chi connectivity index (χ1) is 8.55. The van der Waals surface area contributed by atoms with E-state index in [1.54, 1.807) is 0 Å². The van der Waals surface area contributed by atoms with E-state index in [-0.39, 0.29) is 0 Å². The normalized spacial score (nSPS) is 33.5. The van der Waals surface area contributed by atoms with Crippen molar-refractivity contribution in [2.45, 2.75) is 51.2 Å². The van der Waals surface area contributed by atoms with Gasteiger partial charge in [0.1, 0.15) is 0 Å². The number of nitrogens with one attached hydrogen (secondary N) is 1. The third kappa shape index (κ3) is 3.88. The third-order valence-electron chi connectivity index (χ3n) is 4.40. The zero-order valence-electron chi connectivity index (χ0n) is 12.4. The quantitative estimate of drug-likeness (QED) is 0.845. The van der Waals surface area contributed by atoms with Crippen LogP contribution in [0.3, 0.4) is 0 Å². The lowest BCUT2D eigenvalue weighted by Gasteiger charge is -2.45. The lowest BCUT2D eigenvalue weighted by atomic mass is 9.76. The fourth-order valence-corrected chi connectivity index (χ4v) is 4.89. The Morgan fingerprint density at radius 2 is 2.17 bits per heavy atom. The van der Waals surface area contributed by atoms with Gasteiger partial charge in [0.2, 0.25) is 0 Å². The van der Waals surface area contributed by atoms with E-state index in [1.165, 1.54) is 64.2 Å². The van der Waals surface area contributed by atoms with E-state index in [0.29, 0.717) is 10.2 Å². The molecular weight excluding hydrogens is 240 g/mol. The van der Waals surface area contributed by atoms with Crippen LogP contribution < -0.4 is 5.32 Å². The standard InChI is InChI=1S/C15H30N2S/c1-4-6-15(7-5-8-16-11-15)13-17-9-10-18-14(2,3)12-17/h16H,4-13H2,1-3H3.